The number of esters is 1. The van der Waals surface area contributed by atoms with E-state index in [9.17, 15) is 14.7 Å². The van der Waals surface area contributed by atoms with Crippen molar-refractivity contribution >= 4 is 29.5 Å². The van der Waals surface area contributed by atoms with Crippen molar-refractivity contribution in [2.24, 2.45) is 0 Å². The summed E-state index contributed by atoms with van der Waals surface area (Å²) < 4.78 is 5.48. The first-order valence-electron chi connectivity index (χ1n) is 8.67. The van der Waals surface area contributed by atoms with Crippen LogP contribution in [0.5, 0.6) is 5.88 Å². The van der Waals surface area contributed by atoms with Crippen molar-refractivity contribution in [2.45, 2.75) is 18.9 Å². The number of aryl methyl sites for hydroxylation is 1. The number of carbonyl (C=O) groups is 2. The van der Waals surface area contributed by atoms with Crippen LogP contribution in [0.4, 0.5) is 0 Å². The van der Waals surface area contributed by atoms with Crippen LogP contribution < -0.4 is 4.84 Å². The lowest BCUT2D eigenvalue weighted by Gasteiger charge is -2.07. The van der Waals surface area contributed by atoms with Crippen LogP contribution in [0.3, 0.4) is 0 Å². The van der Waals surface area contributed by atoms with Gasteiger partial charge in [-0.3, -0.25) is 0 Å². The summed E-state index contributed by atoms with van der Waals surface area (Å²) in [7, 11) is 1.14. The third-order valence-corrected chi connectivity index (χ3v) is 4.82. The lowest BCUT2D eigenvalue weighted by atomic mass is 10.1. The lowest BCUT2D eigenvalue weighted by Crippen LogP contribution is -2.12. The number of aromatic nitrogens is 3. The zero-order chi connectivity index (χ0) is 21.8. The number of fused-ring (bicyclic) bond motifs is 2. The van der Waals surface area contributed by atoms with Gasteiger partial charge in [0.1, 0.15) is 5.69 Å². The number of carboxylic acid groups (broad SMARTS) is 1. The molecule has 3 N–H and O–H groups in total. The summed E-state index contributed by atoms with van der Waals surface area (Å²) in [6.07, 6.45) is 3.09. The molecule has 0 aliphatic heterocycles. The summed E-state index contributed by atoms with van der Waals surface area (Å²) in [5, 5.41) is 27.0. The van der Waals surface area contributed by atoms with Crippen LogP contribution in [0.2, 0.25) is 0 Å². The minimum atomic E-state index is -1.31. The second-order valence-corrected chi connectivity index (χ2v) is 6.52. The quantitative estimate of drug-likeness (QED) is 0.420. The number of nitriles is 1. The summed E-state index contributed by atoms with van der Waals surface area (Å²) in [4.78, 5) is 32.3. The fourth-order valence-corrected chi connectivity index (χ4v) is 3.37. The van der Waals surface area contributed by atoms with E-state index in [1.165, 1.54) is 11.1 Å². The number of imidazole rings is 1. The molecule has 1 atom stereocenters. The van der Waals surface area contributed by atoms with Crippen molar-refractivity contribution in [3.63, 3.8) is 0 Å². The van der Waals surface area contributed by atoms with E-state index in [2.05, 4.69) is 25.6 Å². The third kappa shape index (κ3) is 4.03. The molecule has 0 fully saturated rings. The van der Waals surface area contributed by atoms with Crippen molar-refractivity contribution in [3.05, 3.63) is 58.5 Å². The van der Waals surface area contributed by atoms with Crippen LogP contribution in [-0.2, 0) is 11.2 Å². The van der Waals surface area contributed by atoms with Gasteiger partial charge in [0.2, 0.25) is 11.7 Å². The third-order valence-electron chi connectivity index (χ3n) is 4.55. The van der Waals surface area contributed by atoms with E-state index in [-0.39, 0.29) is 29.1 Å². The number of hydrogen-bond donors (Lipinski definition) is 3. The van der Waals surface area contributed by atoms with Gasteiger partial charge < -0.3 is 14.9 Å². The number of hydrogen-bond acceptors (Lipinski definition) is 8. The van der Waals surface area contributed by atoms with Crippen molar-refractivity contribution in [1.29, 1.82) is 5.26 Å². The van der Waals surface area contributed by atoms with Crippen LogP contribution in [0.25, 0.3) is 5.78 Å². The molecule has 0 bridgehead atoms. The van der Waals surface area contributed by atoms with Crippen LogP contribution >= 0.6 is 11.8 Å². The summed E-state index contributed by atoms with van der Waals surface area (Å²) in [5.41, 5.74) is 2.69. The fourth-order valence-electron chi connectivity index (χ4n) is 3.14. The number of aromatic carboxylic acids is 1. The molecule has 10 nitrogen and oxygen atoms in total. The van der Waals surface area contributed by atoms with Gasteiger partial charge in [-0.2, -0.15) is 5.26 Å². The van der Waals surface area contributed by atoms with Crippen LogP contribution in [0, 0.1) is 11.3 Å². The van der Waals surface area contributed by atoms with E-state index in [0.717, 1.165) is 42.2 Å². The Morgan fingerprint density at radius 3 is 2.80 bits per heavy atom. The Hall–Kier alpha value is -3.68. The number of rotatable bonds is 3. The maximum Gasteiger partial charge on any atom is 0.355 e. The van der Waals surface area contributed by atoms with E-state index >= 15 is 0 Å². The number of aromatic hydroxyl groups is 1. The zero-order valence-electron chi connectivity index (χ0n) is 15.7. The summed E-state index contributed by atoms with van der Waals surface area (Å²) in [6, 6.07) is 9.17. The smallest absolute Gasteiger partial charge is 0.355 e. The highest BCUT2D eigenvalue weighted by atomic mass is 35.5. The molecule has 1 aromatic carbocycles. The first-order valence-corrected chi connectivity index (χ1v) is 9.05. The standard InChI is InChI=1S/C10H9ClN2.C9H7N3O5/c11-13-10-4-2-8-5-7(6-12)1-3-9(8)10;1-17-8(16)5-2-4(7(14)15)11-9-10-3-6(13)12(5)9/h1,3,5,10,13H,2,4H2;2-3,13H,1H3,(H,14,15)/t10-;/m0./s1. The maximum atomic E-state index is 11.4. The van der Waals surface area contributed by atoms with Gasteiger partial charge in [0.05, 0.1) is 24.9 Å². The molecule has 154 valence electrons. The Labute approximate surface area is 175 Å². The van der Waals surface area contributed by atoms with Crippen molar-refractivity contribution in [2.75, 3.05) is 7.11 Å². The first-order chi connectivity index (χ1) is 14.4. The summed E-state index contributed by atoms with van der Waals surface area (Å²) in [6.45, 7) is 0. The molecular weight excluding hydrogens is 414 g/mol. The molecule has 0 radical (unpaired) electrons. The molecule has 0 unspecified atom stereocenters. The summed E-state index contributed by atoms with van der Waals surface area (Å²) in [5.74, 6) is -2.53. The van der Waals surface area contributed by atoms with Gasteiger partial charge in [0.25, 0.3) is 0 Å². The van der Waals surface area contributed by atoms with Crippen molar-refractivity contribution in [3.8, 4) is 11.9 Å². The molecule has 1 aliphatic rings. The molecule has 2 aromatic heterocycles. The van der Waals surface area contributed by atoms with Crippen LogP contribution in [0.15, 0.2) is 30.5 Å². The predicted molar refractivity (Wildman–Crippen MR) is 104 cm³/mol. The van der Waals surface area contributed by atoms with Gasteiger partial charge in [-0.05, 0) is 47.9 Å². The minimum absolute atomic E-state index is 0.0946. The Balaban J connectivity index is 0.000000177. The Morgan fingerprint density at radius 1 is 1.40 bits per heavy atom. The molecule has 4 rings (SSSR count). The van der Waals surface area contributed by atoms with Gasteiger partial charge in [0, 0.05) is 12.1 Å². The minimum Gasteiger partial charge on any atom is -0.493 e. The predicted octanol–water partition coefficient (Wildman–Crippen LogP) is 2.21. The van der Waals surface area contributed by atoms with E-state index in [1.54, 1.807) is 0 Å². The molecule has 0 amide bonds. The molecular formula is C19H16ClN5O5. The second kappa shape index (κ2) is 8.77. The highest BCUT2D eigenvalue weighted by molar-refractivity contribution is 6.13. The van der Waals surface area contributed by atoms with Crippen molar-refractivity contribution < 1.29 is 24.5 Å². The number of methoxy groups -OCH3 is 1. The number of carbonyl (C=O) groups excluding carboxylic acids is 1. The molecule has 0 spiro atoms. The lowest BCUT2D eigenvalue weighted by molar-refractivity contribution is 0.0591. The van der Waals surface area contributed by atoms with Gasteiger partial charge >= 0.3 is 11.9 Å². The molecule has 1 aliphatic carbocycles. The SMILES string of the molecule is COC(=O)c1cc(C(=O)O)nc2ncc(O)n12.N#Cc1ccc2c(c1)CC[C@@H]2NCl. The van der Waals surface area contributed by atoms with Crippen LogP contribution in [-0.4, -0.2) is 43.6 Å². The molecule has 30 heavy (non-hydrogen) atoms. The maximum absolute atomic E-state index is 11.4. The van der Waals surface area contributed by atoms with Gasteiger partial charge in [0.15, 0.2) is 5.69 Å². The monoisotopic (exact) mass is 429 g/mol. The Morgan fingerprint density at radius 2 is 2.17 bits per heavy atom. The number of carboxylic acids is 1. The number of halogens is 1. The normalized spacial score (nSPS) is 14.4. The molecule has 3 aromatic rings. The molecule has 0 saturated heterocycles. The number of benzene rings is 1. The average Bonchev–Trinajstić information content (AvgIpc) is 3.35. The Bertz CT molecular complexity index is 1170. The largest absolute Gasteiger partial charge is 0.493 e. The van der Waals surface area contributed by atoms with Crippen LogP contribution in [0.1, 0.15) is 50.1 Å². The van der Waals surface area contributed by atoms with Gasteiger partial charge in [-0.1, -0.05) is 6.07 Å². The second-order valence-electron chi connectivity index (χ2n) is 6.30. The van der Waals surface area contributed by atoms with Gasteiger partial charge in [-0.15, -0.1) is 0 Å². The average molecular weight is 430 g/mol. The van der Waals surface area contributed by atoms with Crippen molar-refractivity contribution in [1.82, 2.24) is 19.2 Å². The highest BCUT2D eigenvalue weighted by Gasteiger charge is 2.21. The number of ether oxygens (including phenoxy) is 1. The molecule has 0 saturated carbocycles. The topological polar surface area (TPSA) is 150 Å². The molecule has 2 heterocycles. The molecule has 11 heteroatoms. The van der Waals surface area contributed by atoms with E-state index < -0.39 is 11.9 Å². The summed E-state index contributed by atoms with van der Waals surface area (Å²) >= 11 is 5.59. The first kappa shape index (κ1) is 21.0. The van der Waals surface area contributed by atoms with E-state index in [1.807, 2.05) is 18.2 Å². The highest BCUT2D eigenvalue weighted by Crippen LogP contribution is 2.31. The zero-order valence-corrected chi connectivity index (χ0v) is 16.4. The fraction of sp³-hybridized carbons (Fsp3) is 0.211. The Kier molecular flexibility index (Phi) is 6.15. The van der Waals surface area contributed by atoms with E-state index in [0.29, 0.717) is 0 Å². The van der Waals surface area contributed by atoms with Gasteiger partial charge in [-0.25, -0.2) is 28.8 Å². The van der Waals surface area contributed by atoms with E-state index in [4.69, 9.17) is 22.1 Å². The number of nitrogens with zero attached hydrogens (tertiary/aromatic N) is 4. The number of nitrogens with one attached hydrogen (secondary N) is 1.